The van der Waals surface area contributed by atoms with Crippen molar-refractivity contribution in [3.05, 3.63) is 64.5 Å². The van der Waals surface area contributed by atoms with E-state index in [1.54, 1.807) is 24.5 Å². The molecule has 0 unspecified atom stereocenters. The zero-order valence-electron chi connectivity index (χ0n) is 9.29. The third kappa shape index (κ3) is 2.67. The van der Waals surface area contributed by atoms with Crippen molar-refractivity contribution in [2.45, 2.75) is 0 Å². The number of nitro benzene ring substituents is 1. The van der Waals surface area contributed by atoms with Gasteiger partial charge in [0.25, 0.3) is 11.6 Å². The highest BCUT2D eigenvalue weighted by Crippen LogP contribution is 2.14. The van der Waals surface area contributed by atoms with E-state index >= 15 is 0 Å². The van der Waals surface area contributed by atoms with E-state index in [1.807, 2.05) is 0 Å². The molecule has 1 amide bonds. The quantitative estimate of drug-likeness (QED) is 0.658. The second-order valence-corrected chi connectivity index (χ2v) is 3.55. The van der Waals surface area contributed by atoms with Crippen molar-refractivity contribution in [3.63, 3.8) is 0 Å². The van der Waals surface area contributed by atoms with Crippen molar-refractivity contribution in [3.8, 4) is 0 Å². The van der Waals surface area contributed by atoms with E-state index in [-0.39, 0.29) is 11.3 Å². The van der Waals surface area contributed by atoms with Gasteiger partial charge < -0.3 is 5.32 Å². The third-order valence-corrected chi connectivity index (χ3v) is 2.28. The number of benzene rings is 1. The molecule has 6 heteroatoms. The molecule has 1 aromatic heterocycles. The summed E-state index contributed by atoms with van der Waals surface area (Å²) in [6, 6.07) is 9.03. The minimum absolute atomic E-state index is 0.109. The van der Waals surface area contributed by atoms with Gasteiger partial charge in [0.1, 0.15) is 5.69 Å². The van der Waals surface area contributed by atoms with Crippen molar-refractivity contribution in [2.24, 2.45) is 0 Å². The van der Waals surface area contributed by atoms with Gasteiger partial charge >= 0.3 is 0 Å². The summed E-state index contributed by atoms with van der Waals surface area (Å²) in [5, 5.41) is 13.2. The van der Waals surface area contributed by atoms with Crippen LogP contribution in [-0.4, -0.2) is 10.8 Å². The predicted molar refractivity (Wildman–Crippen MR) is 64.0 cm³/mol. The van der Waals surface area contributed by atoms with Crippen LogP contribution < -0.4 is 10.3 Å². The monoisotopic (exact) mass is 244 g/mol. The number of nitrogens with zero attached hydrogens (tertiary/aromatic N) is 1. The molecule has 0 fully saturated rings. The van der Waals surface area contributed by atoms with Crippen LogP contribution in [0.25, 0.3) is 0 Å². The number of anilines is 1. The fourth-order valence-corrected chi connectivity index (χ4v) is 1.44. The average Bonchev–Trinajstić information content (AvgIpc) is 2.40. The number of rotatable bonds is 3. The zero-order chi connectivity index (χ0) is 13.0. The van der Waals surface area contributed by atoms with Crippen LogP contribution in [0.3, 0.4) is 0 Å². The molecule has 0 aliphatic rings. The Hall–Kier alpha value is -2.76. The molecule has 1 aromatic carbocycles. The summed E-state index contributed by atoms with van der Waals surface area (Å²) in [5.41, 5.74) is 0.726. The summed E-state index contributed by atoms with van der Waals surface area (Å²) in [6.07, 6.45) is 3.33. The van der Waals surface area contributed by atoms with Crippen LogP contribution in [0.1, 0.15) is 10.4 Å². The molecule has 90 valence electrons. The van der Waals surface area contributed by atoms with Crippen LogP contribution in [0, 0.1) is 10.1 Å². The topological polar surface area (TPSA) is 86.4 Å². The number of non-ortho nitro benzene ring substituents is 1. The van der Waals surface area contributed by atoms with Gasteiger partial charge in [0, 0.05) is 23.8 Å². The lowest BCUT2D eigenvalue weighted by Gasteiger charge is -2.02. The lowest BCUT2D eigenvalue weighted by molar-refractivity contribution is -0.384. The summed E-state index contributed by atoms with van der Waals surface area (Å²) in [6.45, 7) is 0. The first-order chi connectivity index (χ1) is 8.66. The molecule has 0 aliphatic carbocycles. The Morgan fingerprint density at radius 2 is 2.11 bits per heavy atom. The van der Waals surface area contributed by atoms with Gasteiger partial charge in [-0.2, -0.15) is 0 Å². The molecule has 0 atom stereocenters. The Kier molecular flexibility index (Phi) is 3.29. The second kappa shape index (κ2) is 5.05. The van der Waals surface area contributed by atoms with Gasteiger partial charge in [-0.3, -0.25) is 14.9 Å². The molecule has 0 radical (unpaired) electrons. The molecule has 2 rings (SSSR count). The zero-order valence-corrected chi connectivity index (χ0v) is 9.29. The number of nitro groups is 1. The highest BCUT2D eigenvalue weighted by molar-refractivity contribution is 6.04. The number of H-pyrrole nitrogens is 1. The summed E-state index contributed by atoms with van der Waals surface area (Å²) in [4.78, 5) is 24.7. The van der Waals surface area contributed by atoms with Crippen LogP contribution >= 0.6 is 0 Å². The fraction of sp³-hybridized carbons (Fsp3) is 0. The van der Waals surface area contributed by atoms with Gasteiger partial charge in [-0.05, 0) is 12.1 Å². The number of hydrogen-bond acceptors (Lipinski definition) is 3. The van der Waals surface area contributed by atoms with Crippen molar-refractivity contribution in [2.75, 3.05) is 5.32 Å². The first-order valence-electron chi connectivity index (χ1n) is 5.19. The van der Waals surface area contributed by atoms with Crippen molar-refractivity contribution in [1.29, 1.82) is 0 Å². The van der Waals surface area contributed by atoms with E-state index in [0.29, 0.717) is 5.69 Å². The lowest BCUT2D eigenvalue weighted by atomic mass is 10.2. The highest BCUT2D eigenvalue weighted by Gasteiger charge is 2.11. The summed E-state index contributed by atoms with van der Waals surface area (Å²) >= 11 is 0. The minimum atomic E-state index is -0.535. The van der Waals surface area contributed by atoms with E-state index in [1.165, 1.54) is 24.3 Å². The molecule has 0 spiro atoms. The Bertz CT molecular complexity index is 584. The van der Waals surface area contributed by atoms with Crippen LogP contribution in [0.15, 0.2) is 48.8 Å². The number of pyridine rings is 1. The Balaban J connectivity index is 2.19. The molecule has 0 saturated carbocycles. The van der Waals surface area contributed by atoms with E-state index in [2.05, 4.69) is 10.3 Å². The molecule has 2 N–H and O–H groups in total. The molecular weight excluding hydrogens is 234 g/mol. The van der Waals surface area contributed by atoms with E-state index in [0.717, 1.165) is 0 Å². The largest absolute Gasteiger partial charge is 0.317 e. The number of nitrogens with one attached hydrogen (secondary N) is 2. The maximum absolute atomic E-state index is 11.8. The summed E-state index contributed by atoms with van der Waals surface area (Å²) in [5.74, 6) is -0.390. The number of aromatic nitrogens is 1. The normalized spacial score (nSPS) is 9.78. The Morgan fingerprint density at radius 3 is 2.78 bits per heavy atom. The van der Waals surface area contributed by atoms with Gasteiger partial charge in [0.05, 0.1) is 4.92 Å². The molecule has 6 nitrogen and oxygen atoms in total. The number of amides is 1. The van der Waals surface area contributed by atoms with Crippen molar-refractivity contribution in [1.82, 2.24) is 0 Å². The SMILES string of the molecule is O=C(Nc1ccc[nH+]c1)c1cccc([N+](=O)[O-])c1. The first kappa shape index (κ1) is 11.7. The van der Waals surface area contributed by atoms with Gasteiger partial charge in [-0.15, -0.1) is 0 Å². The van der Waals surface area contributed by atoms with Crippen molar-refractivity contribution < 1.29 is 14.7 Å². The summed E-state index contributed by atoms with van der Waals surface area (Å²) < 4.78 is 0. The van der Waals surface area contributed by atoms with Gasteiger partial charge in [0.2, 0.25) is 0 Å². The van der Waals surface area contributed by atoms with Crippen LogP contribution in [0.5, 0.6) is 0 Å². The molecule has 0 saturated heterocycles. The molecule has 2 aromatic rings. The standard InChI is InChI=1S/C12H9N3O3/c16-12(14-10-4-2-6-13-8-10)9-3-1-5-11(7-9)15(17)18/h1-8H,(H,14,16)/p+1. The second-order valence-electron chi connectivity index (χ2n) is 3.55. The molecule has 18 heavy (non-hydrogen) atoms. The fourth-order valence-electron chi connectivity index (χ4n) is 1.44. The molecule has 1 heterocycles. The van der Waals surface area contributed by atoms with E-state index < -0.39 is 10.8 Å². The number of aromatic amines is 1. The third-order valence-electron chi connectivity index (χ3n) is 2.28. The maximum atomic E-state index is 11.8. The van der Waals surface area contributed by atoms with Gasteiger partial charge in [-0.1, -0.05) is 6.07 Å². The predicted octanol–water partition coefficient (Wildman–Crippen LogP) is 1.66. The van der Waals surface area contributed by atoms with Gasteiger partial charge in [0.15, 0.2) is 12.4 Å². The molecular formula is C12H10N3O3+. The Labute approximate surface area is 102 Å². The van der Waals surface area contributed by atoms with Crippen molar-refractivity contribution >= 4 is 17.3 Å². The number of carbonyl (C=O) groups excluding carboxylic acids is 1. The summed E-state index contributed by atoms with van der Waals surface area (Å²) in [7, 11) is 0. The van der Waals surface area contributed by atoms with Crippen LogP contribution in [-0.2, 0) is 0 Å². The van der Waals surface area contributed by atoms with E-state index in [4.69, 9.17) is 0 Å². The van der Waals surface area contributed by atoms with Gasteiger partial charge in [-0.25, -0.2) is 4.98 Å². The van der Waals surface area contributed by atoms with Crippen LogP contribution in [0.4, 0.5) is 11.4 Å². The maximum Gasteiger partial charge on any atom is 0.270 e. The highest BCUT2D eigenvalue weighted by atomic mass is 16.6. The van der Waals surface area contributed by atoms with E-state index in [9.17, 15) is 14.9 Å². The van der Waals surface area contributed by atoms with Crippen LogP contribution in [0.2, 0.25) is 0 Å². The molecule has 0 bridgehead atoms. The lowest BCUT2D eigenvalue weighted by Crippen LogP contribution is -2.13. The minimum Gasteiger partial charge on any atom is -0.317 e. The Morgan fingerprint density at radius 1 is 1.28 bits per heavy atom. The average molecular weight is 244 g/mol. The number of hydrogen-bond donors (Lipinski definition) is 1. The first-order valence-corrected chi connectivity index (χ1v) is 5.19. The smallest absolute Gasteiger partial charge is 0.270 e. The molecule has 0 aliphatic heterocycles. The number of carbonyl (C=O) groups is 1.